The van der Waals surface area contributed by atoms with E-state index in [1.54, 1.807) is 0 Å². The number of ether oxygens (including phenoxy) is 3. The Morgan fingerprint density at radius 1 is 0.734 bits per heavy atom. The van der Waals surface area contributed by atoms with E-state index in [1.165, 1.54) is 57.4 Å². The van der Waals surface area contributed by atoms with Gasteiger partial charge in [-0.25, -0.2) is 13.9 Å². The van der Waals surface area contributed by atoms with Gasteiger partial charge in [0, 0.05) is 19.0 Å². The molecule has 64 heavy (non-hydrogen) atoms. The SMILES string of the molecule is CCCCCC/C=C\CCCCCCCC(=O)OC[C@H](COP(=O)(O)OP(=O)(O)OC[C@H]1O[C@@H](n2ccc(N)nc2=O)[C@H](O)[C@@H]1O)OC(=O)CCCCCCC/C=C\CCCCCC. The smallest absolute Gasteiger partial charge is 0.462 e. The van der Waals surface area contributed by atoms with E-state index in [0.29, 0.717) is 12.8 Å². The number of anilines is 1. The second-order valence-corrected chi connectivity index (χ2v) is 19.3. The molecule has 0 amide bonds. The number of rotatable bonds is 38. The van der Waals surface area contributed by atoms with Crippen molar-refractivity contribution in [2.24, 2.45) is 0 Å². The number of aliphatic hydroxyl groups is 2. The second kappa shape index (κ2) is 33.7. The Kier molecular flexibility index (Phi) is 30.2. The third-order valence-electron chi connectivity index (χ3n) is 10.5. The highest BCUT2D eigenvalue weighted by molar-refractivity contribution is 7.61. The Morgan fingerprint density at radius 3 is 1.75 bits per heavy atom. The number of carbonyl (C=O) groups excluding carboxylic acids is 2. The number of unbranched alkanes of at least 4 members (excludes halogenated alkanes) is 18. The molecular formula is C44H77N3O15P2. The first kappa shape index (κ1) is 57.4. The van der Waals surface area contributed by atoms with E-state index in [-0.39, 0.29) is 18.7 Å². The van der Waals surface area contributed by atoms with Gasteiger partial charge in [0.2, 0.25) is 0 Å². The van der Waals surface area contributed by atoms with Crippen LogP contribution >= 0.6 is 15.6 Å². The fourth-order valence-electron chi connectivity index (χ4n) is 6.83. The van der Waals surface area contributed by atoms with E-state index in [0.717, 1.165) is 87.8 Å². The van der Waals surface area contributed by atoms with E-state index < -0.39 is 83.7 Å². The number of phosphoric ester groups is 2. The van der Waals surface area contributed by atoms with Crippen LogP contribution in [0, 0.1) is 0 Å². The van der Waals surface area contributed by atoms with Crippen molar-refractivity contribution in [3.05, 3.63) is 47.1 Å². The molecule has 368 valence electrons. The molecule has 1 saturated heterocycles. The second-order valence-electron chi connectivity index (χ2n) is 16.2. The van der Waals surface area contributed by atoms with Crippen LogP contribution in [-0.2, 0) is 46.3 Å². The van der Waals surface area contributed by atoms with Crippen LogP contribution in [0.15, 0.2) is 41.4 Å². The fraction of sp³-hybridized carbons (Fsp3) is 0.773. The van der Waals surface area contributed by atoms with E-state index in [4.69, 9.17) is 29.0 Å². The zero-order valence-electron chi connectivity index (χ0n) is 38.1. The van der Waals surface area contributed by atoms with E-state index in [9.17, 15) is 43.5 Å². The number of aliphatic hydroxyl groups excluding tert-OH is 2. The van der Waals surface area contributed by atoms with E-state index in [2.05, 4.69) is 47.4 Å². The lowest BCUT2D eigenvalue weighted by Crippen LogP contribution is -2.36. The van der Waals surface area contributed by atoms with Gasteiger partial charge in [-0.2, -0.15) is 9.29 Å². The molecule has 1 aliphatic rings. The van der Waals surface area contributed by atoms with Gasteiger partial charge in [-0.1, -0.05) is 115 Å². The number of esters is 2. The minimum atomic E-state index is -5.42. The summed E-state index contributed by atoms with van der Waals surface area (Å²) in [5, 5.41) is 20.9. The molecule has 2 rings (SSSR count). The van der Waals surface area contributed by atoms with Crippen LogP contribution in [0.1, 0.15) is 174 Å². The molecule has 0 aromatic carbocycles. The van der Waals surface area contributed by atoms with Crippen molar-refractivity contribution >= 4 is 33.4 Å². The van der Waals surface area contributed by atoms with Crippen LogP contribution in [-0.4, -0.2) is 85.7 Å². The molecule has 2 heterocycles. The minimum Gasteiger partial charge on any atom is -0.462 e. The summed E-state index contributed by atoms with van der Waals surface area (Å²) < 4.78 is 56.6. The Hall–Kier alpha value is -2.76. The maximum atomic E-state index is 12.8. The Labute approximate surface area is 379 Å². The molecule has 6 N–H and O–H groups in total. The molecule has 0 saturated carbocycles. The molecule has 18 nitrogen and oxygen atoms in total. The van der Waals surface area contributed by atoms with Gasteiger partial charge in [0.15, 0.2) is 12.3 Å². The predicted molar refractivity (Wildman–Crippen MR) is 243 cm³/mol. The molecule has 2 unspecified atom stereocenters. The van der Waals surface area contributed by atoms with Crippen molar-refractivity contribution in [2.75, 3.05) is 25.6 Å². The summed E-state index contributed by atoms with van der Waals surface area (Å²) in [5.74, 6) is -1.31. The van der Waals surface area contributed by atoms with Crippen molar-refractivity contribution < 1.29 is 66.3 Å². The lowest BCUT2D eigenvalue weighted by molar-refractivity contribution is -0.161. The molecule has 1 aliphatic heterocycles. The van der Waals surface area contributed by atoms with Crippen LogP contribution in [0.4, 0.5) is 5.82 Å². The highest BCUT2D eigenvalue weighted by atomic mass is 31.3. The Balaban J connectivity index is 1.84. The average Bonchev–Trinajstić information content (AvgIpc) is 3.52. The molecule has 0 bridgehead atoms. The average molecular weight is 950 g/mol. The van der Waals surface area contributed by atoms with Crippen molar-refractivity contribution in [1.29, 1.82) is 0 Å². The first-order valence-corrected chi connectivity index (χ1v) is 26.3. The lowest BCUT2D eigenvalue weighted by atomic mass is 10.1. The molecule has 1 aromatic heterocycles. The van der Waals surface area contributed by atoms with Crippen LogP contribution < -0.4 is 11.4 Å². The highest BCUT2D eigenvalue weighted by Gasteiger charge is 2.46. The van der Waals surface area contributed by atoms with Gasteiger partial charge in [0.05, 0.1) is 13.2 Å². The minimum absolute atomic E-state index is 0.0396. The first-order chi connectivity index (χ1) is 30.7. The summed E-state index contributed by atoms with van der Waals surface area (Å²) in [6, 6.07) is 1.25. The van der Waals surface area contributed by atoms with Crippen LogP contribution in [0.2, 0.25) is 0 Å². The van der Waals surface area contributed by atoms with E-state index in [1.807, 2.05) is 0 Å². The number of allylic oxidation sites excluding steroid dienone is 4. The number of phosphoric acid groups is 2. The molecule has 7 atom stereocenters. The Bertz CT molecular complexity index is 1660. The monoisotopic (exact) mass is 949 g/mol. The van der Waals surface area contributed by atoms with Gasteiger partial charge >= 0.3 is 33.3 Å². The summed E-state index contributed by atoms with van der Waals surface area (Å²) >= 11 is 0. The molecule has 1 fully saturated rings. The van der Waals surface area contributed by atoms with E-state index >= 15 is 0 Å². The normalized spacial score (nSPS) is 20.1. The number of nitrogens with zero attached hydrogens (tertiary/aromatic N) is 2. The quantitative estimate of drug-likeness (QED) is 0.0180. The summed E-state index contributed by atoms with van der Waals surface area (Å²) in [5.41, 5.74) is 4.58. The number of aromatic nitrogens is 2. The first-order valence-electron chi connectivity index (χ1n) is 23.3. The summed E-state index contributed by atoms with van der Waals surface area (Å²) in [6.45, 7) is 2.09. The molecule has 20 heteroatoms. The maximum Gasteiger partial charge on any atom is 0.481 e. The van der Waals surface area contributed by atoms with Gasteiger partial charge < -0.3 is 39.9 Å². The summed E-state index contributed by atoms with van der Waals surface area (Å²) in [6.07, 6.45) is 25.6. The standard InChI is InChI=1S/C44H77N3O15P2/c1-3-5-7-9-11-13-15-17-19-21-23-25-27-29-39(48)57-33-36(60-40(49)30-28-26-24-22-20-18-16-14-12-10-8-6-4-2)34-58-63(53,54)62-64(55,56)59-35-37-41(50)42(51)43(61-37)47-32-31-38(45)46-44(47)52/h13-16,31-32,36-37,41-43,50-51H,3-12,17-30,33-35H2,1-2H3,(H,53,54)(H,55,56)(H2,45,46,52)/b15-13-,16-14-/t36-,37-,41-,42-,43-/m1/s1. The van der Waals surface area contributed by atoms with Crippen molar-refractivity contribution in [1.82, 2.24) is 9.55 Å². The molecule has 0 radical (unpaired) electrons. The molecule has 0 aliphatic carbocycles. The number of carbonyl (C=O) groups is 2. The largest absolute Gasteiger partial charge is 0.481 e. The van der Waals surface area contributed by atoms with Gasteiger partial charge in [0.1, 0.15) is 30.7 Å². The summed E-state index contributed by atoms with van der Waals surface area (Å²) in [4.78, 5) is 61.7. The Morgan fingerprint density at radius 2 is 1.22 bits per heavy atom. The van der Waals surface area contributed by atoms with Crippen molar-refractivity contribution in [2.45, 2.75) is 199 Å². The highest BCUT2D eigenvalue weighted by Crippen LogP contribution is 2.60. The molecule has 0 spiro atoms. The van der Waals surface area contributed by atoms with Crippen LogP contribution in [0.5, 0.6) is 0 Å². The van der Waals surface area contributed by atoms with Crippen molar-refractivity contribution in [3.8, 4) is 0 Å². The van der Waals surface area contributed by atoms with Crippen molar-refractivity contribution in [3.63, 3.8) is 0 Å². The number of hydrogen-bond acceptors (Lipinski definition) is 15. The third kappa shape index (κ3) is 26.4. The lowest BCUT2D eigenvalue weighted by Gasteiger charge is -2.21. The zero-order valence-corrected chi connectivity index (χ0v) is 39.9. The van der Waals surface area contributed by atoms with Gasteiger partial charge in [-0.05, 0) is 70.3 Å². The van der Waals surface area contributed by atoms with Gasteiger partial charge in [-0.15, -0.1) is 0 Å². The zero-order chi connectivity index (χ0) is 47.1. The third-order valence-corrected chi connectivity index (χ3v) is 13.1. The van der Waals surface area contributed by atoms with Crippen LogP contribution in [0.25, 0.3) is 0 Å². The van der Waals surface area contributed by atoms with Gasteiger partial charge in [-0.3, -0.25) is 23.2 Å². The maximum absolute atomic E-state index is 12.8. The summed E-state index contributed by atoms with van der Waals surface area (Å²) in [7, 11) is -10.8. The molecule has 1 aromatic rings. The fourth-order valence-corrected chi connectivity index (χ4v) is 8.94. The van der Waals surface area contributed by atoms with Crippen LogP contribution in [0.3, 0.4) is 0 Å². The number of nitrogen functional groups attached to an aromatic ring is 1. The molecular weight excluding hydrogens is 872 g/mol. The number of nitrogens with two attached hydrogens (primary N) is 1. The predicted octanol–water partition coefficient (Wildman–Crippen LogP) is 8.66. The topological polar surface area (TPSA) is 265 Å². The number of hydrogen-bond donors (Lipinski definition) is 5. The van der Waals surface area contributed by atoms with Gasteiger partial charge in [0.25, 0.3) is 0 Å².